The van der Waals surface area contributed by atoms with Crippen LogP contribution in [0.25, 0.3) is 10.8 Å². The molecule has 0 atom stereocenters. The summed E-state index contributed by atoms with van der Waals surface area (Å²) in [5.74, 6) is 0.174. The predicted molar refractivity (Wildman–Crippen MR) is 120 cm³/mol. The summed E-state index contributed by atoms with van der Waals surface area (Å²) in [7, 11) is 0. The molecular weight excluding hydrogens is 344 g/mol. The predicted octanol–water partition coefficient (Wildman–Crippen LogP) is 6.96. The van der Waals surface area contributed by atoms with Gasteiger partial charge < -0.3 is 0 Å². The van der Waals surface area contributed by atoms with E-state index in [-0.39, 0.29) is 5.91 Å². The van der Waals surface area contributed by atoms with Crippen molar-refractivity contribution >= 4 is 22.4 Å². The van der Waals surface area contributed by atoms with Crippen LogP contribution in [0.3, 0.4) is 0 Å². The molecule has 0 fully saturated rings. The lowest BCUT2D eigenvalue weighted by atomic mass is 9.99. The smallest absolute Gasteiger partial charge is 0.273 e. The number of anilines is 1. The first-order valence-electron chi connectivity index (χ1n) is 11.4. The summed E-state index contributed by atoms with van der Waals surface area (Å²) >= 11 is 0. The Labute approximate surface area is 170 Å². The fourth-order valence-corrected chi connectivity index (χ4v) is 4.29. The highest BCUT2D eigenvalue weighted by Crippen LogP contribution is 2.36. The second-order valence-electron chi connectivity index (χ2n) is 8.06. The van der Waals surface area contributed by atoms with Crippen molar-refractivity contribution in [1.29, 1.82) is 0 Å². The fourth-order valence-electron chi connectivity index (χ4n) is 4.29. The Morgan fingerprint density at radius 3 is 1.89 bits per heavy atom. The van der Waals surface area contributed by atoms with Gasteiger partial charge in [-0.2, -0.15) is 0 Å². The molecule has 1 aliphatic heterocycles. The fraction of sp³-hybridized carbons (Fsp3) is 0.560. The second-order valence-corrected chi connectivity index (χ2v) is 8.06. The minimum Gasteiger partial charge on any atom is -0.282 e. The second kappa shape index (κ2) is 10.5. The van der Waals surface area contributed by atoms with E-state index >= 15 is 0 Å². The highest BCUT2D eigenvalue weighted by Gasteiger charge is 2.31. The Hall–Kier alpha value is -2.03. The maximum atomic E-state index is 13.4. The average molecular weight is 381 g/mol. The highest BCUT2D eigenvalue weighted by atomic mass is 16.2. The van der Waals surface area contributed by atoms with E-state index in [1.54, 1.807) is 0 Å². The summed E-state index contributed by atoms with van der Waals surface area (Å²) in [6.45, 7) is 6.24. The number of hydrazine groups is 1. The number of hydrogen-bond donors (Lipinski definition) is 0. The van der Waals surface area contributed by atoms with Gasteiger partial charge in [0, 0.05) is 18.5 Å². The van der Waals surface area contributed by atoms with Crippen LogP contribution >= 0.6 is 0 Å². The number of amides is 1. The minimum absolute atomic E-state index is 0.174. The summed E-state index contributed by atoms with van der Waals surface area (Å²) < 4.78 is 0. The van der Waals surface area contributed by atoms with Gasteiger partial charge in [-0.25, -0.2) is 5.01 Å². The highest BCUT2D eigenvalue weighted by molar-refractivity contribution is 6.14. The van der Waals surface area contributed by atoms with Crippen LogP contribution in [0.4, 0.5) is 5.69 Å². The monoisotopic (exact) mass is 380 g/mol. The maximum absolute atomic E-state index is 13.4. The molecule has 28 heavy (non-hydrogen) atoms. The molecule has 0 spiro atoms. The topological polar surface area (TPSA) is 23.6 Å². The van der Waals surface area contributed by atoms with Crippen molar-refractivity contribution in [2.75, 3.05) is 18.1 Å². The zero-order valence-electron chi connectivity index (χ0n) is 17.8. The molecule has 3 heteroatoms. The first-order valence-corrected chi connectivity index (χ1v) is 11.4. The normalized spacial score (nSPS) is 13.6. The Kier molecular flexibility index (Phi) is 7.76. The van der Waals surface area contributed by atoms with Gasteiger partial charge in [0.25, 0.3) is 5.91 Å². The average Bonchev–Trinajstić information content (AvgIpc) is 2.72. The summed E-state index contributed by atoms with van der Waals surface area (Å²) in [6, 6.07) is 12.6. The summed E-state index contributed by atoms with van der Waals surface area (Å²) in [6.07, 6.45) is 12.3. The molecule has 0 unspecified atom stereocenters. The van der Waals surface area contributed by atoms with Crippen molar-refractivity contribution in [3.05, 3.63) is 42.0 Å². The maximum Gasteiger partial charge on any atom is 0.273 e. The number of carbonyl (C=O) groups excluding carboxylic acids is 1. The molecule has 152 valence electrons. The molecule has 3 rings (SSSR count). The van der Waals surface area contributed by atoms with Gasteiger partial charge in [0.2, 0.25) is 0 Å². The molecule has 0 N–H and O–H groups in total. The SMILES string of the molecule is CCCCCCCN1C(=O)c2cccc3cccc(c23)N1CCCCCCC. The van der Waals surface area contributed by atoms with Gasteiger partial charge in [0.05, 0.1) is 11.3 Å². The van der Waals surface area contributed by atoms with Crippen LogP contribution in [0.1, 0.15) is 88.4 Å². The van der Waals surface area contributed by atoms with Gasteiger partial charge in [0.15, 0.2) is 0 Å². The largest absolute Gasteiger partial charge is 0.282 e. The molecule has 1 aliphatic rings. The van der Waals surface area contributed by atoms with Crippen molar-refractivity contribution in [3.8, 4) is 0 Å². The van der Waals surface area contributed by atoms with E-state index in [0.717, 1.165) is 36.9 Å². The third-order valence-electron chi connectivity index (χ3n) is 5.86. The number of carbonyl (C=O) groups is 1. The van der Waals surface area contributed by atoms with Crippen molar-refractivity contribution in [2.45, 2.75) is 78.1 Å². The van der Waals surface area contributed by atoms with Gasteiger partial charge in [-0.1, -0.05) is 89.5 Å². The molecule has 2 aromatic rings. The van der Waals surface area contributed by atoms with Gasteiger partial charge >= 0.3 is 0 Å². The van der Waals surface area contributed by atoms with Crippen LogP contribution in [0.2, 0.25) is 0 Å². The van der Waals surface area contributed by atoms with Crippen molar-refractivity contribution in [1.82, 2.24) is 5.01 Å². The number of nitrogens with zero attached hydrogens (tertiary/aromatic N) is 2. The number of rotatable bonds is 12. The molecule has 0 aliphatic carbocycles. The molecular formula is C25H36N2O. The molecule has 0 bridgehead atoms. The van der Waals surface area contributed by atoms with E-state index in [4.69, 9.17) is 0 Å². The Balaban J connectivity index is 1.79. The molecule has 0 aromatic heterocycles. The van der Waals surface area contributed by atoms with Crippen LogP contribution < -0.4 is 5.01 Å². The zero-order valence-corrected chi connectivity index (χ0v) is 17.8. The van der Waals surface area contributed by atoms with E-state index in [0.29, 0.717) is 0 Å². The minimum atomic E-state index is 0.174. The number of hydrogen-bond acceptors (Lipinski definition) is 2. The summed E-state index contributed by atoms with van der Waals surface area (Å²) in [5, 5.41) is 6.61. The molecule has 0 radical (unpaired) electrons. The standard InChI is InChI=1S/C25H36N2O/c1-3-5-7-9-11-19-26-23-18-14-16-21-15-13-17-22(24(21)23)25(28)27(26)20-12-10-8-6-4-2/h13-18H,3-12,19-20H2,1-2H3. The Bertz CT molecular complexity index is 765. The lowest BCUT2D eigenvalue weighted by Gasteiger charge is -2.41. The lowest BCUT2D eigenvalue weighted by molar-refractivity contribution is 0.0725. The van der Waals surface area contributed by atoms with E-state index in [2.05, 4.69) is 43.1 Å². The Morgan fingerprint density at radius 2 is 1.25 bits per heavy atom. The third-order valence-corrected chi connectivity index (χ3v) is 5.86. The number of benzene rings is 2. The quantitative estimate of drug-likeness (QED) is 0.372. The molecule has 1 amide bonds. The Morgan fingerprint density at radius 1 is 0.679 bits per heavy atom. The van der Waals surface area contributed by atoms with Gasteiger partial charge in [-0.05, 0) is 30.4 Å². The van der Waals surface area contributed by atoms with E-state index < -0.39 is 0 Å². The third kappa shape index (κ3) is 4.68. The van der Waals surface area contributed by atoms with E-state index in [1.807, 2.05) is 17.1 Å². The van der Waals surface area contributed by atoms with Crippen molar-refractivity contribution in [2.24, 2.45) is 0 Å². The zero-order chi connectivity index (χ0) is 19.8. The molecule has 3 nitrogen and oxygen atoms in total. The van der Waals surface area contributed by atoms with Crippen LogP contribution in [0.15, 0.2) is 36.4 Å². The summed E-state index contributed by atoms with van der Waals surface area (Å²) in [4.78, 5) is 13.4. The van der Waals surface area contributed by atoms with Crippen LogP contribution in [-0.2, 0) is 0 Å². The van der Waals surface area contributed by atoms with E-state index in [1.165, 1.54) is 62.4 Å². The van der Waals surface area contributed by atoms with Crippen LogP contribution in [0, 0.1) is 0 Å². The van der Waals surface area contributed by atoms with Crippen molar-refractivity contribution < 1.29 is 4.79 Å². The van der Waals surface area contributed by atoms with Gasteiger partial charge in [0.1, 0.15) is 0 Å². The number of unbranched alkanes of at least 4 members (excludes halogenated alkanes) is 8. The lowest BCUT2D eigenvalue weighted by Crippen LogP contribution is -2.50. The van der Waals surface area contributed by atoms with Gasteiger partial charge in [-0.15, -0.1) is 0 Å². The molecule has 0 saturated carbocycles. The van der Waals surface area contributed by atoms with Gasteiger partial charge in [-0.3, -0.25) is 9.80 Å². The van der Waals surface area contributed by atoms with Crippen LogP contribution in [-0.4, -0.2) is 24.0 Å². The summed E-state index contributed by atoms with van der Waals surface area (Å²) in [5.41, 5.74) is 2.07. The van der Waals surface area contributed by atoms with Crippen molar-refractivity contribution in [3.63, 3.8) is 0 Å². The first kappa shape index (κ1) is 20.7. The van der Waals surface area contributed by atoms with E-state index in [9.17, 15) is 4.79 Å². The first-order chi connectivity index (χ1) is 13.8. The van der Waals surface area contributed by atoms with Crippen LogP contribution in [0.5, 0.6) is 0 Å². The molecule has 0 saturated heterocycles. The molecule has 2 aromatic carbocycles. The molecule has 1 heterocycles.